The minimum absolute atomic E-state index is 0.224. The Bertz CT molecular complexity index is 805. The molecule has 1 N–H and O–H groups in total. The van der Waals surface area contributed by atoms with E-state index in [1.54, 1.807) is 31.2 Å². The van der Waals surface area contributed by atoms with Crippen molar-refractivity contribution in [1.82, 2.24) is 4.90 Å². The van der Waals surface area contributed by atoms with Gasteiger partial charge in [-0.2, -0.15) is 0 Å². The summed E-state index contributed by atoms with van der Waals surface area (Å²) in [6, 6.07) is 12.2. The summed E-state index contributed by atoms with van der Waals surface area (Å²) in [5.74, 6) is -1.97. The first-order chi connectivity index (χ1) is 12.4. The number of aryl methyl sites for hydroxylation is 1. The highest BCUT2D eigenvalue weighted by atomic mass is 19.1. The van der Waals surface area contributed by atoms with Crippen molar-refractivity contribution in [2.24, 2.45) is 0 Å². The fraction of sp³-hybridized carbons (Fsp3) is 0.211. The molecule has 2 aromatic rings. The van der Waals surface area contributed by atoms with E-state index in [-0.39, 0.29) is 6.54 Å². The van der Waals surface area contributed by atoms with Crippen molar-refractivity contribution < 1.29 is 23.5 Å². The van der Waals surface area contributed by atoms with Crippen LogP contribution in [0.3, 0.4) is 0 Å². The van der Waals surface area contributed by atoms with E-state index in [1.807, 2.05) is 0 Å². The number of carbonyl (C=O) groups excluding carboxylic acids is 3. The number of carbonyl (C=O) groups is 3. The molecule has 0 aliphatic heterocycles. The third kappa shape index (κ3) is 5.41. The molecule has 0 aliphatic carbocycles. The Balaban J connectivity index is 1.81. The van der Waals surface area contributed by atoms with Crippen LogP contribution in [-0.4, -0.2) is 42.9 Å². The molecule has 0 spiro atoms. The van der Waals surface area contributed by atoms with E-state index in [1.165, 1.54) is 31.3 Å². The number of amides is 2. The number of anilines is 1. The summed E-state index contributed by atoms with van der Waals surface area (Å²) in [5, 5.41) is 2.55. The molecule has 0 unspecified atom stereocenters. The fourth-order valence-corrected chi connectivity index (χ4v) is 2.15. The van der Waals surface area contributed by atoms with E-state index >= 15 is 0 Å². The zero-order chi connectivity index (χ0) is 19.1. The first-order valence-electron chi connectivity index (χ1n) is 7.89. The van der Waals surface area contributed by atoms with E-state index in [2.05, 4.69) is 5.32 Å². The normalized spacial score (nSPS) is 10.1. The van der Waals surface area contributed by atoms with Gasteiger partial charge in [0.2, 0.25) is 5.91 Å². The second kappa shape index (κ2) is 8.75. The first-order valence-corrected chi connectivity index (χ1v) is 7.89. The molecule has 2 amide bonds. The molecule has 0 saturated carbocycles. The largest absolute Gasteiger partial charge is 0.452 e. The number of esters is 1. The molecule has 0 aromatic heterocycles. The average molecular weight is 358 g/mol. The first kappa shape index (κ1) is 19.1. The van der Waals surface area contributed by atoms with E-state index in [4.69, 9.17) is 4.74 Å². The van der Waals surface area contributed by atoms with Gasteiger partial charge in [-0.15, -0.1) is 0 Å². The maximum absolute atomic E-state index is 12.8. The zero-order valence-corrected chi connectivity index (χ0v) is 14.5. The number of hydrogen-bond donors (Lipinski definition) is 1. The number of nitrogens with one attached hydrogen (secondary N) is 1. The summed E-state index contributed by atoms with van der Waals surface area (Å²) in [4.78, 5) is 37.0. The molecule has 0 fully saturated rings. The van der Waals surface area contributed by atoms with Crippen molar-refractivity contribution in [3.05, 3.63) is 65.5 Å². The summed E-state index contributed by atoms with van der Waals surface area (Å²) < 4.78 is 17.8. The quantitative estimate of drug-likeness (QED) is 0.805. The second-order valence-corrected chi connectivity index (χ2v) is 5.70. The van der Waals surface area contributed by atoms with Gasteiger partial charge >= 0.3 is 5.97 Å². The van der Waals surface area contributed by atoms with Crippen molar-refractivity contribution in [3.63, 3.8) is 0 Å². The monoisotopic (exact) mass is 358 g/mol. The summed E-state index contributed by atoms with van der Waals surface area (Å²) in [7, 11) is 1.42. The molecule has 2 rings (SSSR count). The number of nitrogens with zero attached hydrogens (tertiary/aromatic N) is 1. The van der Waals surface area contributed by atoms with Crippen LogP contribution in [0.4, 0.5) is 10.1 Å². The molecule has 0 radical (unpaired) electrons. The van der Waals surface area contributed by atoms with Crippen LogP contribution in [0.5, 0.6) is 0 Å². The molecule has 0 heterocycles. The Kier molecular flexibility index (Phi) is 6.43. The van der Waals surface area contributed by atoms with Gasteiger partial charge in [-0.05, 0) is 42.8 Å². The SMILES string of the molecule is Cc1ccccc1C(=O)OCC(=O)N(C)CC(=O)Nc1ccc(F)cc1. The molecule has 26 heavy (non-hydrogen) atoms. The van der Waals surface area contributed by atoms with Gasteiger partial charge in [-0.3, -0.25) is 9.59 Å². The highest BCUT2D eigenvalue weighted by Crippen LogP contribution is 2.09. The van der Waals surface area contributed by atoms with Crippen LogP contribution in [0, 0.1) is 12.7 Å². The van der Waals surface area contributed by atoms with Crippen molar-refractivity contribution in [2.75, 3.05) is 25.5 Å². The Morgan fingerprint density at radius 1 is 1.08 bits per heavy atom. The van der Waals surface area contributed by atoms with Crippen LogP contribution in [0.2, 0.25) is 0 Å². The van der Waals surface area contributed by atoms with Gasteiger partial charge in [0, 0.05) is 12.7 Å². The zero-order valence-electron chi connectivity index (χ0n) is 14.5. The smallest absolute Gasteiger partial charge is 0.338 e. The van der Waals surface area contributed by atoms with Crippen LogP contribution < -0.4 is 5.32 Å². The number of rotatable bonds is 6. The number of benzene rings is 2. The van der Waals surface area contributed by atoms with Gasteiger partial charge in [0.25, 0.3) is 5.91 Å². The lowest BCUT2D eigenvalue weighted by molar-refractivity contribution is -0.136. The minimum Gasteiger partial charge on any atom is -0.452 e. The molecule has 0 aliphatic rings. The lowest BCUT2D eigenvalue weighted by Crippen LogP contribution is -2.37. The van der Waals surface area contributed by atoms with Crippen molar-refractivity contribution >= 4 is 23.5 Å². The number of ether oxygens (including phenoxy) is 1. The third-order valence-electron chi connectivity index (χ3n) is 3.63. The standard InChI is InChI=1S/C19H19FN2O4/c1-13-5-3-4-6-16(13)19(25)26-12-18(24)22(2)11-17(23)21-15-9-7-14(20)8-10-15/h3-10H,11-12H2,1-2H3,(H,21,23). The molecule has 0 atom stereocenters. The molecule has 136 valence electrons. The molecule has 0 saturated heterocycles. The molecular weight excluding hydrogens is 339 g/mol. The maximum Gasteiger partial charge on any atom is 0.338 e. The second-order valence-electron chi connectivity index (χ2n) is 5.70. The predicted molar refractivity (Wildman–Crippen MR) is 94.1 cm³/mol. The van der Waals surface area contributed by atoms with Crippen molar-refractivity contribution in [3.8, 4) is 0 Å². The molecule has 2 aromatic carbocycles. The molecule has 6 nitrogen and oxygen atoms in total. The number of likely N-dealkylation sites (N-methyl/N-ethyl adjacent to an activating group) is 1. The van der Waals surface area contributed by atoms with Gasteiger partial charge in [0.05, 0.1) is 12.1 Å². The minimum atomic E-state index is -0.597. The Hall–Kier alpha value is -3.22. The maximum atomic E-state index is 12.8. The summed E-state index contributed by atoms with van der Waals surface area (Å²) in [5.41, 5.74) is 1.55. The van der Waals surface area contributed by atoms with Gasteiger partial charge in [0.15, 0.2) is 6.61 Å². The van der Waals surface area contributed by atoms with Crippen molar-refractivity contribution in [2.45, 2.75) is 6.92 Å². The third-order valence-corrected chi connectivity index (χ3v) is 3.63. The molecule has 7 heteroatoms. The van der Waals surface area contributed by atoms with Crippen LogP contribution in [0.15, 0.2) is 48.5 Å². The van der Waals surface area contributed by atoms with E-state index in [0.717, 1.165) is 10.5 Å². The Morgan fingerprint density at radius 3 is 2.38 bits per heavy atom. The van der Waals surface area contributed by atoms with E-state index in [9.17, 15) is 18.8 Å². The Labute approximate surface area is 150 Å². The van der Waals surface area contributed by atoms with Crippen LogP contribution in [0.1, 0.15) is 15.9 Å². The summed E-state index contributed by atoms with van der Waals surface area (Å²) in [6.07, 6.45) is 0. The Morgan fingerprint density at radius 2 is 1.73 bits per heavy atom. The summed E-state index contributed by atoms with van der Waals surface area (Å²) in [6.45, 7) is 1.08. The van der Waals surface area contributed by atoms with Gasteiger partial charge in [-0.1, -0.05) is 18.2 Å². The van der Waals surface area contributed by atoms with Gasteiger partial charge < -0.3 is 15.0 Å². The fourth-order valence-electron chi connectivity index (χ4n) is 2.15. The van der Waals surface area contributed by atoms with Crippen LogP contribution >= 0.6 is 0 Å². The topological polar surface area (TPSA) is 75.7 Å². The summed E-state index contributed by atoms with van der Waals surface area (Å²) >= 11 is 0. The predicted octanol–water partition coefficient (Wildman–Crippen LogP) is 2.39. The average Bonchev–Trinajstić information content (AvgIpc) is 2.61. The van der Waals surface area contributed by atoms with E-state index in [0.29, 0.717) is 11.3 Å². The van der Waals surface area contributed by atoms with Gasteiger partial charge in [-0.25, -0.2) is 9.18 Å². The van der Waals surface area contributed by atoms with E-state index < -0.39 is 30.2 Å². The number of hydrogen-bond acceptors (Lipinski definition) is 4. The van der Waals surface area contributed by atoms with Crippen molar-refractivity contribution in [1.29, 1.82) is 0 Å². The molecular formula is C19H19FN2O4. The lowest BCUT2D eigenvalue weighted by atomic mass is 10.1. The highest BCUT2D eigenvalue weighted by Gasteiger charge is 2.17. The lowest BCUT2D eigenvalue weighted by Gasteiger charge is -2.17. The van der Waals surface area contributed by atoms with Gasteiger partial charge in [0.1, 0.15) is 5.82 Å². The highest BCUT2D eigenvalue weighted by molar-refractivity contribution is 5.95. The molecule has 0 bridgehead atoms. The van der Waals surface area contributed by atoms with Crippen LogP contribution in [-0.2, 0) is 14.3 Å². The number of halogens is 1. The van der Waals surface area contributed by atoms with Crippen LogP contribution in [0.25, 0.3) is 0 Å².